The van der Waals surface area contributed by atoms with E-state index in [4.69, 9.17) is 17.7 Å². The highest BCUT2D eigenvalue weighted by Gasteiger charge is 2.72. The Bertz CT molecular complexity index is 3430. The normalized spacial score (nSPS) is 12.5. The number of aromatic nitrogens is 2. The number of hydrogen-bond acceptors (Lipinski definition) is 10. The highest BCUT2D eigenvalue weighted by Crippen LogP contribution is 2.57. The molecule has 0 bridgehead atoms. The van der Waals surface area contributed by atoms with Crippen LogP contribution in [0.2, 0.25) is 0 Å². The van der Waals surface area contributed by atoms with E-state index in [-0.39, 0.29) is 56.6 Å². The van der Waals surface area contributed by atoms with Crippen molar-refractivity contribution in [2.45, 2.75) is 96.8 Å². The van der Waals surface area contributed by atoms with Crippen molar-refractivity contribution in [1.82, 2.24) is 9.97 Å². The van der Waals surface area contributed by atoms with Crippen LogP contribution in [0.25, 0.3) is 89.7 Å². The summed E-state index contributed by atoms with van der Waals surface area (Å²) in [5.41, 5.74) is -3.31. The maximum atomic E-state index is 15.6. The smallest absolute Gasteiger partial charge is 0.411 e. The Labute approximate surface area is 440 Å². The number of anilines is 2. The van der Waals surface area contributed by atoms with Crippen LogP contribution >= 0.6 is 0 Å². The van der Waals surface area contributed by atoms with Gasteiger partial charge in [0.2, 0.25) is 17.2 Å². The van der Waals surface area contributed by atoms with Crippen molar-refractivity contribution in [2.24, 2.45) is 0 Å². The second-order valence-corrected chi connectivity index (χ2v) is 19.7. The number of fused-ring (bicyclic) bond motifs is 4. The molecular weight excluding hydrogens is 999 g/mol. The lowest BCUT2D eigenvalue weighted by molar-refractivity contribution is -0.288. The van der Waals surface area contributed by atoms with Gasteiger partial charge in [-0.2, -0.15) is 26.3 Å². The van der Waals surface area contributed by atoms with E-state index in [1.807, 2.05) is 48.5 Å². The molecule has 0 saturated carbocycles. The molecule has 10 rings (SSSR count). The van der Waals surface area contributed by atoms with Crippen LogP contribution in [0, 0.1) is 0 Å². The van der Waals surface area contributed by atoms with Gasteiger partial charge in [-0.25, -0.2) is 9.97 Å². The first-order valence-electron chi connectivity index (χ1n) is 26.2. The molecule has 2 N–H and O–H groups in total. The van der Waals surface area contributed by atoms with E-state index in [2.05, 4.69) is 47.5 Å². The van der Waals surface area contributed by atoms with Gasteiger partial charge in [-0.3, -0.25) is 0 Å². The summed E-state index contributed by atoms with van der Waals surface area (Å²) in [5.74, 6) is -0.113. The molecule has 0 fully saturated rings. The molecule has 0 aliphatic heterocycles. The Morgan fingerprint density at radius 3 is 1.13 bits per heavy atom. The number of halogens is 6. The van der Waals surface area contributed by atoms with Gasteiger partial charge in [0.1, 0.15) is 45.2 Å². The highest BCUT2D eigenvalue weighted by molar-refractivity contribution is 5.92. The summed E-state index contributed by atoms with van der Waals surface area (Å²) in [7, 11) is 0. The van der Waals surface area contributed by atoms with Gasteiger partial charge in [-0.15, -0.1) is 0 Å². The van der Waals surface area contributed by atoms with Crippen LogP contribution in [0.1, 0.15) is 90.2 Å². The average molecular weight is 1060 g/mol. The van der Waals surface area contributed by atoms with Crippen LogP contribution < -0.4 is 9.80 Å². The molecule has 10 nitrogen and oxygen atoms in total. The Balaban J connectivity index is 0.947. The number of furan rings is 2. The van der Waals surface area contributed by atoms with Gasteiger partial charge < -0.3 is 37.7 Å². The third-order valence-corrected chi connectivity index (χ3v) is 14.4. The lowest BCUT2D eigenvalue weighted by atomic mass is 9.72. The minimum atomic E-state index is -5.95. The fraction of sp³-hybridized carbons (Fsp3) is 0.311. The zero-order valence-electron chi connectivity index (χ0n) is 43.1. The van der Waals surface area contributed by atoms with Crippen LogP contribution in [0.3, 0.4) is 0 Å². The van der Waals surface area contributed by atoms with E-state index in [0.29, 0.717) is 57.7 Å². The van der Waals surface area contributed by atoms with E-state index in [1.165, 1.54) is 24.3 Å². The number of oxazole rings is 2. The second kappa shape index (κ2) is 21.3. The van der Waals surface area contributed by atoms with Crippen LogP contribution in [0.5, 0.6) is 11.5 Å². The van der Waals surface area contributed by atoms with Crippen LogP contribution in [0.15, 0.2) is 139 Å². The van der Waals surface area contributed by atoms with E-state index in [9.17, 15) is 10.2 Å². The summed E-state index contributed by atoms with van der Waals surface area (Å²) >= 11 is 0. The van der Waals surface area contributed by atoms with Gasteiger partial charge in [0.25, 0.3) is 0 Å². The number of phenols is 2. The van der Waals surface area contributed by atoms with Crippen molar-refractivity contribution < 1.29 is 54.2 Å². The number of hydrogen-bond donors (Lipinski definition) is 2. The molecule has 77 heavy (non-hydrogen) atoms. The standard InChI is InChI=1S/C61H58F6N4O6/c1-5-9-25-70(26-10-6-2)43-19-13-37(14-20-43)53-31-39-29-45(49(72)35-55(39)74-53)57-68-47-33-41(17-23-51(47)76-57)59(60(62,63)64,61(65,66)67)42-18-24-52-48(34-42)69-58(77-52)46-30-40-32-54(75-56(40)36-50(46)73)38-15-21-44(22-16-38)71(27-11-7-3)28-12-8-4/h13-24,29-36,72-73H,5-12,25-28H2,1-4H3. The third-order valence-electron chi connectivity index (χ3n) is 14.4. The number of nitrogens with zero attached hydrogens (tertiary/aromatic N) is 4. The summed E-state index contributed by atoms with van der Waals surface area (Å²) in [5, 5.41) is 23.5. The molecule has 0 saturated heterocycles. The zero-order valence-corrected chi connectivity index (χ0v) is 43.1. The molecule has 0 atom stereocenters. The Morgan fingerprint density at radius 1 is 0.429 bits per heavy atom. The number of unbranched alkanes of at least 4 members (excludes halogenated alkanes) is 4. The fourth-order valence-corrected chi connectivity index (χ4v) is 10.1. The van der Waals surface area contributed by atoms with E-state index < -0.39 is 28.9 Å². The average Bonchev–Trinajstić information content (AvgIpc) is 4.28. The van der Waals surface area contributed by atoms with E-state index in [1.54, 1.807) is 12.1 Å². The topological polar surface area (TPSA) is 125 Å². The number of alkyl halides is 6. The van der Waals surface area contributed by atoms with Gasteiger partial charge in [-0.1, -0.05) is 65.5 Å². The first-order valence-corrected chi connectivity index (χ1v) is 26.2. The predicted molar refractivity (Wildman–Crippen MR) is 290 cm³/mol. The molecule has 0 spiro atoms. The van der Waals surface area contributed by atoms with E-state index >= 15 is 26.3 Å². The zero-order chi connectivity index (χ0) is 54.2. The lowest BCUT2D eigenvalue weighted by Gasteiger charge is -2.38. The number of phenolic OH excluding ortho intramolecular Hbond substituents is 2. The predicted octanol–water partition coefficient (Wildman–Crippen LogP) is 17.8. The van der Waals surface area contributed by atoms with Gasteiger partial charge in [0, 0.05) is 71.6 Å². The van der Waals surface area contributed by atoms with Crippen molar-refractivity contribution in [2.75, 3.05) is 36.0 Å². The first kappa shape index (κ1) is 52.6. The minimum Gasteiger partial charge on any atom is -0.507 e. The molecule has 6 aromatic carbocycles. The summed E-state index contributed by atoms with van der Waals surface area (Å²) in [6, 6.07) is 30.1. The Hall–Kier alpha value is -7.88. The summed E-state index contributed by atoms with van der Waals surface area (Å²) < 4.78 is 118. The van der Waals surface area contributed by atoms with Gasteiger partial charge >= 0.3 is 12.4 Å². The van der Waals surface area contributed by atoms with Crippen molar-refractivity contribution in [3.63, 3.8) is 0 Å². The molecule has 0 amide bonds. The maximum Gasteiger partial charge on any atom is 0.411 e. The van der Waals surface area contributed by atoms with Gasteiger partial charge in [0.15, 0.2) is 11.2 Å². The minimum absolute atomic E-state index is 0.0427. The van der Waals surface area contributed by atoms with E-state index in [0.717, 1.165) is 112 Å². The number of rotatable bonds is 20. The molecule has 4 heterocycles. The molecule has 16 heteroatoms. The van der Waals surface area contributed by atoms with Gasteiger partial charge in [-0.05, 0) is 134 Å². The number of aromatic hydroxyl groups is 2. The molecular formula is C61H58F6N4O6. The molecule has 0 aliphatic carbocycles. The highest BCUT2D eigenvalue weighted by atomic mass is 19.4. The lowest BCUT2D eigenvalue weighted by Crippen LogP contribution is -2.54. The molecule has 400 valence electrons. The number of benzene rings is 6. The maximum absolute atomic E-state index is 15.6. The monoisotopic (exact) mass is 1060 g/mol. The largest absolute Gasteiger partial charge is 0.507 e. The van der Waals surface area contributed by atoms with Crippen molar-refractivity contribution in [3.05, 3.63) is 132 Å². The molecule has 10 aromatic rings. The SMILES string of the molecule is CCCCN(CCCC)c1ccc(-c2cc3cc(-c4nc5cc(C(c6ccc7oc(-c8cc9cc(-c%10ccc(N(CCCC)CCCC)cc%10)oc9cc8O)nc7c6)(C(F)(F)F)C(F)(F)F)ccc5o4)c(O)cc3o2)cc1. The second-order valence-electron chi connectivity index (χ2n) is 19.7. The van der Waals surface area contributed by atoms with Crippen LogP contribution in [-0.4, -0.2) is 58.7 Å². The quantitative estimate of drug-likeness (QED) is 0.0713. The summed E-state index contributed by atoms with van der Waals surface area (Å²) in [6.07, 6.45) is -3.29. The molecule has 4 aromatic heterocycles. The van der Waals surface area contributed by atoms with Crippen molar-refractivity contribution in [3.8, 4) is 57.1 Å². The van der Waals surface area contributed by atoms with Crippen LogP contribution in [0.4, 0.5) is 37.7 Å². The third kappa shape index (κ3) is 10.1. The Morgan fingerprint density at radius 2 is 0.792 bits per heavy atom. The molecule has 0 aliphatic rings. The van der Waals surface area contributed by atoms with Gasteiger partial charge in [0.05, 0.1) is 11.1 Å². The summed E-state index contributed by atoms with van der Waals surface area (Å²) in [6.45, 7) is 12.4. The van der Waals surface area contributed by atoms with Crippen LogP contribution in [-0.2, 0) is 5.41 Å². The van der Waals surface area contributed by atoms with Crippen molar-refractivity contribution in [1.29, 1.82) is 0 Å². The molecule has 0 radical (unpaired) electrons. The Kier molecular flexibility index (Phi) is 14.5. The van der Waals surface area contributed by atoms with Crippen molar-refractivity contribution >= 4 is 55.5 Å². The molecule has 0 unspecified atom stereocenters. The first-order chi connectivity index (χ1) is 37.0. The fourth-order valence-electron chi connectivity index (χ4n) is 10.1. The summed E-state index contributed by atoms with van der Waals surface area (Å²) in [4.78, 5) is 13.4.